The molecular formula is C13H14ClFN2. The second-order valence-corrected chi connectivity index (χ2v) is 4.30. The summed E-state index contributed by atoms with van der Waals surface area (Å²) in [6.07, 6.45) is 4.40. The van der Waals surface area contributed by atoms with Crippen molar-refractivity contribution in [1.29, 1.82) is 0 Å². The molecule has 1 aromatic carbocycles. The summed E-state index contributed by atoms with van der Waals surface area (Å²) in [6.45, 7) is 2.74. The Bertz CT molecular complexity index is 508. The molecule has 0 aliphatic heterocycles. The minimum atomic E-state index is -0.185. The van der Waals surface area contributed by atoms with Gasteiger partial charge in [0, 0.05) is 12.7 Å². The molecule has 2 rings (SSSR count). The number of benzene rings is 1. The van der Waals surface area contributed by atoms with Crippen LogP contribution >= 0.6 is 11.6 Å². The molecule has 2 aromatic rings. The highest BCUT2D eigenvalue weighted by Crippen LogP contribution is 2.12. The molecule has 0 N–H and O–H groups in total. The minimum absolute atomic E-state index is 0.185. The van der Waals surface area contributed by atoms with Gasteiger partial charge in [0.15, 0.2) is 0 Å². The topological polar surface area (TPSA) is 17.8 Å². The molecule has 2 nitrogen and oxygen atoms in total. The van der Waals surface area contributed by atoms with Crippen LogP contribution in [0.15, 0.2) is 30.7 Å². The van der Waals surface area contributed by atoms with Crippen molar-refractivity contribution in [1.82, 2.24) is 9.55 Å². The Morgan fingerprint density at radius 1 is 1.41 bits per heavy atom. The molecular weight excluding hydrogens is 239 g/mol. The van der Waals surface area contributed by atoms with Gasteiger partial charge in [-0.1, -0.05) is 6.07 Å². The van der Waals surface area contributed by atoms with E-state index in [4.69, 9.17) is 11.6 Å². The molecule has 0 saturated carbocycles. The lowest BCUT2D eigenvalue weighted by atomic mass is 10.1. The van der Waals surface area contributed by atoms with E-state index in [1.165, 1.54) is 6.07 Å². The molecule has 17 heavy (non-hydrogen) atoms. The van der Waals surface area contributed by atoms with Crippen LogP contribution in [-0.4, -0.2) is 9.55 Å². The number of hydrogen-bond donors (Lipinski definition) is 0. The summed E-state index contributed by atoms with van der Waals surface area (Å²) in [5, 5.41) is 0. The third-order valence-corrected chi connectivity index (χ3v) is 3.14. The molecule has 0 aliphatic carbocycles. The van der Waals surface area contributed by atoms with Gasteiger partial charge in [0.05, 0.1) is 17.9 Å². The maximum atomic E-state index is 12.9. The van der Waals surface area contributed by atoms with Gasteiger partial charge in [0.25, 0.3) is 0 Å². The van der Waals surface area contributed by atoms with Crippen LogP contribution in [0.4, 0.5) is 4.39 Å². The average Bonchev–Trinajstić information content (AvgIpc) is 2.75. The monoisotopic (exact) mass is 252 g/mol. The van der Waals surface area contributed by atoms with E-state index < -0.39 is 0 Å². The van der Waals surface area contributed by atoms with Crippen LogP contribution in [0.25, 0.3) is 0 Å². The predicted octanol–water partition coefficient (Wildman–Crippen LogP) is 3.31. The predicted molar refractivity (Wildman–Crippen MR) is 66.6 cm³/mol. The van der Waals surface area contributed by atoms with Crippen molar-refractivity contribution in [3.05, 3.63) is 53.4 Å². The van der Waals surface area contributed by atoms with E-state index in [-0.39, 0.29) is 5.82 Å². The van der Waals surface area contributed by atoms with Crippen molar-refractivity contribution in [2.24, 2.45) is 0 Å². The summed E-state index contributed by atoms with van der Waals surface area (Å²) >= 11 is 5.80. The molecule has 0 saturated heterocycles. The van der Waals surface area contributed by atoms with Crippen molar-refractivity contribution in [2.75, 3.05) is 0 Å². The molecule has 0 fully saturated rings. The zero-order chi connectivity index (χ0) is 12.3. The number of aromatic nitrogens is 2. The molecule has 0 aliphatic rings. The number of nitrogens with zero attached hydrogens (tertiary/aromatic N) is 2. The fraction of sp³-hybridized carbons (Fsp3) is 0.308. The fourth-order valence-corrected chi connectivity index (χ4v) is 2.06. The lowest BCUT2D eigenvalue weighted by Crippen LogP contribution is -2.04. The first kappa shape index (κ1) is 12.1. The molecule has 1 heterocycles. The highest BCUT2D eigenvalue weighted by molar-refractivity contribution is 6.16. The Morgan fingerprint density at radius 3 is 2.94 bits per heavy atom. The molecule has 0 unspecified atom stereocenters. The molecule has 4 heteroatoms. The van der Waals surface area contributed by atoms with E-state index in [1.807, 2.05) is 17.6 Å². The molecule has 0 bridgehead atoms. The number of alkyl halides is 1. The Morgan fingerprint density at radius 2 is 2.24 bits per heavy atom. The van der Waals surface area contributed by atoms with E-state index >= 15 is 0 Å². The Balaban J connectivity index is 2.07. The number of aryl methyl sites for hydroxylation is 3. The van der Waals surface area contributed by atoms with Gasteiger partial charge in [-0.2, -0.15) is 0 Å². The third-order valence-electron chi connectivity index (χ3n) is 2.86. The van der Waals surface area contributed by atoms with Crippen molar-refractivity contribution >= 4 is 11.6 Å². The first-order valence-corrected chi connectivity index (χ1v) is 6.04. The van der Waals surface area contributed by atoms with Crippen molar-refractivity contribution in [2.45, 2.75) is 25.8 Å². The highest BCUT2D eigenvalue weighted by atomic mass is 35.5. The van der Waals surface area contributed by atoms with E-state index in [0.29, 0.717) is 5.88 Å². The van der Waals surface area contributed by atoms with Gasteiger partial charge >= 0.3 is 0 Å². The normalized spacial score (nSPS) is 10.8. The van der Waals surface area contributed by atoms with E-state index in [2.05, 4.69) is 4.98 Å². The summed E-state index contributed by atoms with van der Waals surface area (Å²) in [5.74, 6) is 0.276. The smallest absolute Gasteiger partial charge is 0.123 e. The van der Waals surface area contributed by atoms with E-state index in [1.54, 1.807) is 18.6 Å². The van der Waals surface area contributed by atoms with E-state index in [9.17, 15) is 4.39 Å². The Hall–Kier alpha value is -1.35. The van der Waals surface area contributed by atoms with Crippen molar-refractivity contribution in [3.8, 4) is 0 Å². The van der Waals surface area contributed by atoms with Crippen LogP contribution in [0.1, 0.15) is 16.8 Å². The lowest BCUT2D eigenvalue weighted by molar-refractivity contribution is 0.623. The molecule has 0 amide bonds. The Labute approximate surface area is 105 Å². The van der Waals surface area contributed by atoms with Crippen LogP contribution < -0.4 is 0 Å². The van der Waals surface area contributed by atoms with E-state index in [0.717, 1.165) is 29.8 Å². The maximum Gasteiger partial charge on any atom is 0.123 e. The summed E-state index contributed by atoms with van der Waals surface area (Å²) < 4.78 is 15.0. The van der Waals surface area contributed by atoms with Crippen LogP contribution in [-0.2, 0) is 18.8 Å². The SMILES string of the molecule is Cc1cc(F)ccc1CCn1cncc1CCl. The molecule has 0 spiro atoms. The third kappa shape index (κ3) is 2.86. The van der Waals surface area contributed by atoms with Gasteiger partial charge in [0.1, 0.15) is 5.82 Å². The van der Waals surface area contributed by atoms with Gasteiger partial charge in [0.2, 0.25) is 0 Å². The second kappa shape index (κ2) is 5.32. The van der Waals surface area contributed by atoms with Crippen LogP contribution in [0.3, 0.4) is 0 Å². The maximum absolute atomic E-state index is 12.9. The standard InChI is InChI=1S/C13H14ClFN2/c1-10-6-12(15)3-2-11(10)4-5-17-9-16-8-13(17)7-14/h2-3,6,8-9H,4-5,7H2,1H3. The van der Waals surface area contributed by atoms with Gasteiger partial charge in [-0.3, -0.25) is 0 Å². The van der Waals surface area contributed by atoms with Gasteiger partial charge in [-0.15, -0.1) is 11.6 Å². The highest BCUT2D eigenvalue weighted by Gasteiger charge is 2.03. The quantitative estimate of drug-likeness (QED) is 0.764. The number of hydrogen-bond acceptors (Lipinski definition) is 1. The zero-order valence-corrected chi connectivity index (χ0v) is 10.4. The minimum Gasteiger partial charge on any atom is -0.333 e. The molecule has 0 radical (unpaired) electrons. The van der Waals surface area contributed by atoms with Gasteiger partial charge < -0.3 is 4.57 Å². The first-order chi connectivity index (χ1) is 8.20. The summed E-state index contributed by atoms with van der Waals surface area (Å²) in [4.78, 5) is 4.06. The van der Waals surface area contributed by atoms with Crippen molar-refractivity contribution in [3.63, 3.8) is 0 Å². The van der Waals surface area contributed by atoms with Gasteiger partial charge in [-0.05, 0) is 36.6 Å². The van der Waals surface area contributed by atoms with Crippen LogP contribution in [0.5, 0.6) is 0 Å². The fourth-order valence-electron chi connectivity index (χ4n) is 1.84. The number of halogens is 2. The molecule has 1 aromatic heterocycles. The summed E-state index contributed by atoms with van der Waals surface area (Å²) in [5.41, 5.74) is 3.14. The number of rotatable bonds is 4. The van der Waals surface area contributed by atoms with Crippen molar-refractivity contribution < 1.29 is 4.39 Å². The average molecular weight is 253 g/mol. The molecule has 90 valence electrons. The molecule has 0 atom stereocenters. The summed E-state index contributed by atoms with van der Waals surface area (Å²) in [6, 6.07) is 4.90. The van der Waals surface area contributed by atoms with Gasteiger partial charge in [-0.25, -0.2) is 9.37 Å². The van der Waals surface area contributed by atoms with Crippen LogP contribution in [0.2, 0.25) is 0 Å². The first-order valence-electron chi connectivity index (χ1n) is 5.50. The largest absolute Gasteiger partial charge is 0.333 e. The lowest BCUT2D eigenvalue weighted by Gasteiger charge is -2.08. The zero-order valence-electron chi connectivity index (χ0n) is 9.66. The van der Waals surface area contributed by atoms with Crippen LogP contribution in [0, 0.1) is 12.7 Å². The summed E-state index contributed by atoms with van der Waals surface area (Å²) in [7, 11) is 0. The second-order valence-electron chi connectivity index (χ2n) is 4.03. The number of imidazole rings is 1. The Kier molecular flexibility index (Phi) is 3.79.